The second kappa shape index (κ2) is 5.36. The van der Waals surface area contributed by atoms with Crippen molar-refractivity contribution in [1.82, 2.24) is 4.90 Å². The highest BCUT2D eigenvalue weighted by Crippen LogP contribution is 2.53. The van der Waals surface area contributed by atoms with Crippen LogP contribution in [0.3, 0.4) is 0 Å². The Kier molecular flexibility index (Phi) is 3.82. The van der Waals surface area contributed by atoms with Gasteiger partial charge in [-0.15, -0.1) is 11.8 Å². The van der Waals surface area contributed by atoms with Crippen LogP contribution in [0.1, 0.15) is 26.3 Å². The van der Waals surface area contributed by atoms with E-state index in [2.05, 4.69) is 13.8 Å². The van der Waals surface area contributed by atoms with Crippen molar-refractivity contribution in [1.29, 1.82) is 0 Å². The van der Waals surface area contributed by atoms with E-state index in [1.54, 1.807) is 16.7 Å². The van der Waals surface area contributed by atoms with Crippen molar-refractivity contribution in [2.24, 2.45) is 5.92 Å². The third-order valence-corrected chi connectivity index (χ3v) is 6.85. The number of hydrogen-bond donors (Lipinski definition) is 0. The van der Waals surface area contributed by atoms with E-state index in [1.807, 2.05) is 37.3 Å². The molecule has 3 atom stereocenters. The summed E-state index contributed by atoms with van der Waals surface area (Å²) in [4.78, 5) is 26.5. The minimum atomic E-state index is -0.301. The van der Waals surface area contributed by atoms with Gasteiger partial charge < -0.3 is 4.90 Å². The second-order valence-corrected chi connectivity index (χ2v) is 8.89. The summed E-state index contributed by atoms with van der Waals surface area (Å²) in [5.74, 6) is 0.835. The summed E-state index contributed by atoms with van der Waals surface area (Å²) in [7, 11) is 0. The Labute approximate surface area is 133 Å². The van der Waals surface area contributed by atoms with Crippen LogP contribution in [0.15, 0.2) is 30.3 Å². The summed E-state index contributed by atoms with van der Waals surface area (Å²) < 4.78 is -0.203. The number of benzene rings is 1. The van der Waals surface area contributed by atoms with Gasteiger partial charge in [-0.3, -0.25) is 9.59 Å². The molecule has 1 amide bonds. The molecule has 2 fully saturated rings. The van der Waals surface area contributed by atoms with E-state index < -0.39 is 0 Å². The number of β-lactam (4-membered cyclic amide) rings is 1. The molecule has 0 spiro atoms. The molecule has 1 aromatic rings. The van der Waals surface area contributed by atoms with Crippen LogP contribution < -0.4 is 0 Å². The van der Waals surface area contributed by atoms with Gasteiger partial charge in [0, 0.05) is 10.5 Å². The summed E-state index contributed by atoms with van der Waals surface area (Å²) in [6.45, 7) is 6.10. The minimum Gasteiger partial charge on any atom is -0.317 e. The summed E-state index contributed by atoms with van der Waals surface area (Å²) in [6, 6.07) is 9.67. The van der Waals surface area contributed by atoms with E-state index >= 15 is 0 Å². The third kappa shape index (κ3) is 2.50. The van der Waals surface area contributed by atoms with E-state index in [4.69, 9.17) is 0 Å². The van der Waals surface area contributed by atoms with Crippen molar-refractivity contribution in [2.45, 2.75) is 42.7 Å². The van der Waals surface area contributed by atoms with E-state index in [9.17, 15) is 9.59 Å². The van der Waals surface area contributed by atoms with Crippen molar-refractivity contribution in [3.8, 4) is 0 Å². The van der Waals surface area contributed by atoms with Gasteiger partial charge in [0.1, 0.15) is 6.04 Å². The van der Waals surface area contributed by atoms with Gasteiger partial charge in [0.25, 0.3) is 0 Å². The zero-order valence-electron chi connectivity index (χ0n) is 12.4. The summed E-state index contributed by atoms with van der Waals surface area (Å²) >= 11 is 3.08. The van der Waals surface area contributed by atoms with E-state index in [-0.39, 0.29) is 33.1 Å². The van der Waals surface area contributed by atoms with Crippen LogP contribution in [0, 0.1) is 5.92 Å². The van der Waals surface area contributed by atoms with Gasteiger partial charge in [0.15, 0.2) is 0 Å². The molecular formula is C16H19NO2S2. The van der Waals surface area contributed by atoms with Crippen molar-refractivity contribution >= 4 is 34.5 Å². The van der Waals surface area contributed by atoms with E-state index in [0.29, 0.717) is 5.75 Å². The van der Waals surface area contributed by atoms with Crippen LogP contribution in [0.25, 0.3) is 0 Å². The molecule has 5 heteroatoms. The lowest BCUT2D eigenvalue weighted by Crippen LogP contribution is -2.61. The summed E-state index contributed by atoms with van der Waals surface area (Å²) in [6.07, 6.45) is 0. The Bertz CT molecular complexity index is 573. The molecule has 2 saturated heterocycles. The fourth-order valence-corrected chi connectivity index (χ4v) is 5.76. The highest BCUT2D eigenvalue weighted by atomic mass is 32.2. The van der Waals surface area contributed by atoms with Gasteiger partial charge >= 0.3 is 0 Å². The number of carbonyl (C=O) groups is 2. The first kappa shape index (κ1) is 15.0. The first-order valence-corrected chi connectivity index (χ1v) is 8.99. The van der Waals surface area contributed by atoms with Gasteiger partial charge in [-0.25, -0.2) is 0 Å². The minimum absolute atomic E-state index is 0.0474. The van der Waals surface area contributed by atoms with Gasteiger partial charge in [-0.05, 0) is 19.4 Å². The normalized spacial score (nSPS) is 30.0. The Morgan fingerprint density at radius 2 is 2.00 bits per heavy atom. The molecule has 112 valence electrons. The Balaban J connectivity index is 1.70. The molecule has 0 aromatic heterocycles. The van der Waals surface area contributed by atoms with Crippen LogP contribution >= 0.6 is 23.5 Å². The van der Waals surface area contributed by atoms with Crippen molar-refractivity contribution in [3.63, 3.8) is 0 Å². The maximum absolute atomic E-state index is 12.6. The molecule has 0 saturated carbocycles. The maximum Gasteiger partial charge on any atom is 0.229 e. The fraction of sp³-hybridized carbons (Fsp3) is 0.500. The molecule has 21 heavy (non-hydrogen) atoms. The molecule has 0 aliphatic carbocycles. The van der Waals surface area contributed by atoms with Crippen molar-refractivity contribution < 1.29 is 9.59 Å². The topological polar surface area (TPSA) is 37.4 Å². The number of nitrogens with zero attached hydrogens (tertiary/aromatic N) is 1. The number of fused-ring (bicyclic) bond motifs is 1. The molecule has 2 aliphatic rings. The molecule has 0 bridgehead atoms. The standard InChI is InChI=1S/C16H19NO2S2/c1-10-13(18)17-12(16(2,3)21-14(10)17)15(19)20-9-11-7-5-4-6-8-11/h4-8,10,12,14H,9H2,1-3H3/t10-,12+,14-/m1/s1. The fourth-order valence-electron chi connectivity index (χ4n) is 2.99. The molecule has 0 radical (unpaired) electrons. The first-order valence-electron chi connectivity index (χ1n) is 7.12. The monoisotopic (exact) mass is 321 g/mol. The number of hydrogen-bond acceptors (Lipinski definition) is 4. The van der Waals surface area contributed by atoms with Gasteiger partial charge in [0.05, 0.1) is 11.3 Å². The SMILES string of the molecule is C[C@@H]1C(=O)N2[C@@H]1SC(C)(C)[C@@H]2C(=O)SCc1ccccc1. The van der Waals surface area contributed by atoms with Crippen molar-refractivity contribution in [3.05, 3.63) is 35.9 Å². The van der Waals surface area contributed by atoms with Crippen LogP contribution in [0.2, 0.25) is 0 Å². The maximum atomic E-state index is 12.6. The second-order valence-electron chi connectivity index (χ2n) is 6.14. The van der Waals surface area contributed by atoms with Crippen LogP contribution in [-0.2, 0) is 15.3 Å². The van der Waals surface area contributed by atoms with Gasteiger partial charge in [-0.2, -0.15) is 0 Å². The van der Waals surface area contributed by atoms with Crippen molar-refractivity contribution in [2.75, 3.05) is 0 Å². The molecule has 1 aromatic carbocycles. The zero-order valence-corrected chi connectivity index (χ0v) is 14.0. The Hall–Kier alpha value is -0.940. The summed E-state index contributed by atoms with van der Waals surface area (Å²) in [5.41, 5.74) is 1.14. The zero-order chi connectivity index (χ0) is 15.2. The lowest BCUT2D eigenvalue weighted by molar-refractivity contribution is -0.154. The molecular weight excluding hydrogens is 302 g/mol. The number of rotatable bonds is 3. The van der Waals surface area contributed by atoms with Gasteiger partial charge in [0.2, 0.25) is 11.0 Å². The first-order chi connectivity index (χ1) is 9.92. The predicted octanol–water partition coefficient (Wildman–Crippen LogP) is 3.14. The molecule has 2 heterocycles. The van der Waals surface area contributed by atoms with E-state index in [1.165, 1.54) is 11.8 Å². The number of thioether (sulfide) groups is 2. The van der Waals surface area contributed by atoms with Crippen LogP contribution in [0.4, 0.5) is 0 Å². The third-order valence-electron chi connectivity index (χ3n) is 4.15. The average molecular weight is 321 g/mol. The lowest BCUT2D eigenvalue weighted by Gasteiger charge is -2.42. The smallest absolute Gasteiger partial charge is 0.229 e. The average Bonchev–Trinajstić information content (AvgIpc) is 2.74. The highest BCUT2D eigenvalue weighted by molar-refractivity contribution is 8.13. The Morgan fingerprint density at radius 3 is 2.67 bits per heavy atom. The molecule has 3 nitrogen and oxygen atoms in total. The molecule has 2 aliphatic heterocycles. The van der Waals surface area contributed by atoms with Crippen LogP contribution in [-0.4, -0.2) is 32.1 Å². The predicted molar refractivity (Wildman–Crippen MR) is 88.0 cm³/mol. The number of amides is 1. The summed E-state index contributed by atoms with van der Waals surface area (Å²) in [5, 5.41) is 0.290. The highest BCUT2D eigenvalue weighted by Gasteiger charge is 2.61. The molecule has 0 N–H and O–H groups in total. The molecule has 0 unspecified atom stereocenters. The van der Waals surface area contributed by atoms with E-state index in [0.717, 1.165) is 5.56 Å². The Morgan fingerprint density at radius 1 is 1.33 bits per heavy atom. The van der Waals surface area contributed by atoms with Gasteiger partial charge in [-0.1, -0.05) is 49.0 Å². The lowest BCUT2D eigenvalue weighted by atomic mass is 9.94. The largest absolute Gasteiger partial charge is 0.317 e. The van der Waals surface area contributed by atoms with Crippen LogP contribution in [0.5, 0.6) is 0 Å². The molecule has 3 rings (SSSR count). The number of carbonyl (C=O) groups excluding carboxylic acids is 2. The quantitative estimate of drug-likeness (QED) is 0.802.